The maximum absolute atomic E-state index is 12.4. The van der Waals surface area contributed by atoms with Gasteiger partial charge in [-0.3, -0.25) is 4.99 Å². The zero-order valence-electron chi connectivity index (χ0n) is 13.3. The van der Waals surface area contributed by atoms with Crippen molar-refractivity contribution in [2.24, 2.45) is 10.7 Å². The molecule has 138 valence electrons. The van der Waals surface area contributed by atoms with E-state index in [1.165, 1.54) is 12.1 Å². The number of aliphatic imine (C=N–C) groups is 1. The summed E-state index contributed by atoms with van der Waals surface area (Å²) in [5.74, 6) is 0.488. The Balaban J connectivity index is 0.00000529. The van der Waals surface area contributed by atoms with E-state index in [1.807, 2.05) is 0 Å². The summed E-state index contributed by atoms with van der Waals surface area (Å²) in [6.07, 6.45) is -3.28. The first-order chi connectivity index (χ1) is 10.8. The van der Waals surface area contributed by atoms with Gasteiger partial charge in [0.15, 0.2) is 5.96 Å². The fourth-order valence-electron chi connectivity index (χ4n) is 1.64. The molecule has 1 aromatic carbocycles. The molecule has 0 heterocycles. The Morgan fingerprint density at radius 1 is 1.33 bits per heavy atom. The summed E-state index contributed by atoms with van der Waals surface area (Å²) in [5, 5.41) is 12.6. The van der Waals surface area contributed by atoms with Gasteiger partial charge >= 0.3 is 6.18 Å². The van der Waals surface area contributed by atoms with E-state index in [2.05, 4.69) is 17.2 Å². The van der Waals surface area contributed by atoms with E-state index in [0.29, 0.717) is 6.54 Å². The van der Waals surface area contributed by atoms with E-state index >= 15 is 0 Å². The molecule has 24 heavy (non-hydrogen) atoms. The van der Waals surface area contributed by atoms with Gasteiger partial charge in [0.2, 0.25) is 0 Å². The third kappa shape index (κ3) is 9.16. The Hall–Kier alpha value is -1.23. The average Bonchev–Trinajstić information content (AvgIpc) is 2.50. The van der Waals surface area contributed by atoms with Gasteiger partial charge in [-0.1, -0.05) is 13.3 Å². The monoisotopic (exact) mass is 461 g/mol. The van der Waals surface area contributed by atoms with Crippen molar-refractivity contribution in [3.05, 3.63) is 29.8 Å². The van der Waals surface area contributed by atoms with Crippen LogP contribution in [0.2, 0.25) is 0 Å². The molecule has 0 saturated carbocycles. The molecule has 0 bridgehead atoms. The van der Waals surface area contributed by atoms with Crippen molar-refractivity contribution in [1.82, 2.24) is 5.32 Å². The SMILES string of the molecule is CCCCNC(N)=NCC(O)COc1ccc(C(F)(F)F)cc1.I. The molecule has 1 atom stereocenters. The minimum Gasteiger partial charge on any atom is -0.491 e. The van der Waals surface area contributed by atoms with Crippen LogP contribution < -0.4 is 15.8 Å². The molecular weight excluding hydrogens is 438 g/mol. The van der Waals surface area contributed by atoms with Crippen LogP contribution in [0.1, 0.15) is 25.3 Å². The Labute approximate surface area is 156 Å². The first-order valence-electron chi connectivity index (χ1n) is 7.34. The highest BCUT2D eigenvalue weighted by molar-refractivity contribution is 14.0. The van der Waals surface area contributed by atoms with Crippen LogP contribution in [0.5, 0.6) is 5.75 Å². The van der Waals surface area contributed by atoms with Gasteiger partial charge in [0.1, 0.15) is 18.5 Å². The number of nitrogens with one attached hydrogen (secondary N) is 1. The fourth-order valence-corrected chi connectivity index (χ4v) is 1.64. The molecule has 0 spiro atoms. The Bertz CT molecular complexity index is 496. The van der Waals surface area contributed by atoms with Gasteiger partial charge in [-0.2, -0.15) is 13.2 Å². The van der Waals surface area contributed by atoms with Gasteiger partial charge in [-0.05, 0) is 30.7 Å². The molecule has 1 aromatic rings. The number of alkyl halides is 3. The predicted octanol–water partition coefficient (Wildman–Crippen LogP) is 2.77. The van der Waals surface area contributed by atoms with Crippen molar-refractivity contribution >= 4 is 29.9 Å². The number of aliphatic hydroxyl groups is 1. The zero-order valence-corrected chi connectivity index (χ0v) is 15.7. The van der Waals surface area contributed by atoms with E-state index in [9.17, 15) is 18.3 Å². The molecule has 0 aliphatic rings. The lowest BCUT2D eigenvalue weighted by Gasteiger charge is -2.12. The topological polar surface area (TPSA) is 79.9 Å². The van der Waals surface area contributed by atoms with Crippen molar-refractivity contribution in [3.63, 3.8) is 0 Å². The smallest absolute Gasteiger partial charge is 0.416 e. The van der Waals surface area contributed by atoms with E-state index in [1.54, 1.807) is 0 Å². The number of nitrogens with zero attached hydrogens (tertiary/aromatic N) is 1. The summed E-state index contributed by atoms with van der Waals surface area (Å²) in [4.78, 5) is 3.96. The number of nitrogens with two attached hydrogens (primary N) is 1. The van der Waals surface area contributed by atoms with Crippen molar-refractivity contribution in [1.29, 1.82) is 0 Å². The molecule has 0 fully saturated rings. The molecular formula is C15H23F3IN3O2. The predicted molar refractivity (Wildman–Crippen MR) is 97.8 cm³/mol. The molecule has 0 aromatic heterocycles. The largest absolute Gasteiger partial charge is 0.491 e. The standard InChI is InChI=1S/C15H22F3N3O2.HI/c1-2-3-8-20-14(19)21-9-12(22)10-23-13-6-4-11(5-7-13)15(16,17)18;/h4-7,12,22H,2-3,8-10H2,1H3,(H3,19,20,21);1H. The molecule has 0 aliphatic carbocycles. The molecule has 9 heteroatoms. The normalized spacial score (nSPS) is 13.1. The van der Waals surface area contributed by atoms with Crippen LogP contribution in [0.4, 0.5) is 13.2 Å². The molecule has 1 unspecified atom stereocenters. The first kappa shape index (κ1) is 22.8. The van der Waals surface area contributed by atoms with Gasteiger partial charge in [0, 0.05) is 6.54 Å². The number of benzene rings is 1. The maximum Gasteiger partial charge on any atom is 0.416 e. The number of ether oxygens (including phenoxy) is 1. The average molecular weight is 461 g/mol. The number of guanidine groups is 1. The lowest BCUT2D eigenvalue weighted by molar-refractivity contribution is -0.137. The third-order valence-electron chi connectivity index (χ3n) is 2.93. The number of halogens is 4. The van der Waals surface area contributed by atoms with E-state index in [-0.39, 0.29) is 48.8 Å². The highest BCUT2D eigenvalue weighted by Gasteiger charge is 2.30. The van der Waals surface area contributed by atoms with Crippen LogP contribution >= 0.6 is 24.0 Å². The minimum absolute atomic E-state index is 0. The number of unbranched alkanes of at least 4 members (excludes halogenated alkanes) is 1. The van der Waals surface area contributed by atoms with Gasteiger partial charge in [-0.15, -0.1) is 24.0 Å². The van der Waals surface area contributed by atoms with Crippen molar-refractivity contribution in [2.45, 2.75) is 32.0 Å². The Morgan fingerprint density at radius 2 is 1.96 bits per heavy atom. The fraction of sp³-hybridized carbons (Fsp3) is 0.533. The van der Waals surface area contributed by atoms with Crippen LogP contribution in [0.3, 0.4) is 0 Å². The maximum atomic E-state index is 12.4. The summed E-state index contributed by atoms with van der Waals surface area (Å²) in [6, 6.07) is 4.27. The molecule has 0 amide bonds. The van der Waals surface area contributed by atoms with Crippen LogP contribution in [0.25, 0.3) is 0 Å². The summed E-state index contributed by atoms with van der Waals surface area (Å²) in [5.41, 5.74) is 4.86. The number of aliphatic hydroxyl groups excluding tert-OH is 1. The number of hydrogen-bond donors (Lipinski definition) is 3. The van der Waals surface area contributed by atoms with Gasteiger partial charge in [0.25, 0.3) is 0 Å². The quantitative estimate of drug-likeness (QED) is 0.241. The lowest BCUT2D eigenvalue weighted by atomic mass is 10.2. The van der Waals surface area contributed by atoms with Gasteiger partial charge in [0.05, 0.1) is 12.1 Å². The van der Waals surface area contributed by atoms with Crippen LogP contribution in [0.15, 0.2) is 29.3 Å². The number of hydrogen-bond acceptors (Lipinski definition) is 3. The molecule has 1 rings (SSSR count). The van der Waals surface area contributed by atoms with Gasteiger partial charge in [-0.25, -0.2) is 0 Å². The van der Waals surface area contributed by atoms with Crippen LogP contribution in [-0.2, 0) is 6.18 Å². The van der Waals surface area contributed by atoms with Gasteiger partial charge < -0.3 is 20.9 Å². The summed E-state index contributed by atoms with van der Waals surface area (Å²) >= 11 is 0. The number of rotatable bonds is 8. The summed E-state index contributed by atoms with van der Waals surface area (Å²) in [7, 11) is 0. The van der Waals surface area contributed by atoms with Crippen molar-refractivity contribution in [3.8, 4) is 5.75 Å². The highest BCUT2D eigenvalue weighted by atomic mass is 127. The zero-order chi connectivity index (χ0) is 17.3. The third-order valence-corrected chi connectivity index (χ3v) is 2.93. The van der Waals surface area contributed by atoms with E-state index in [0.717, 1.165) is 25.0 Å². The Kier molecular flexibility index (Phi) is 10.8. The second-order valence-electron chi connectivity index (χ2n) is 4.99. The molecule has 5 nitrogen and oxygen atoms in total. The van der Waals surface area contributed by atoms with Crippen LogP contribution in [0, 0.1) is 0 Å². The summed E-state index contributed by atoms with van der Waals surface area (Å²) in [6.45, 7) is 2.73. The highest BCUT2D eigenvalue weighted by Crippen LogP contribution is 2.30. The molecule has 0 aliphatic heterocycles. The van der Waals surface area contributed by atoms with Crippen molar-refractivity contribution in [2.75, 3.05) is 19.7 Å². The second-order valence-corrected chi connectivity index (χ2v) is 4.99. The molecule has 0 radical (unpaired) electrons. The minimum atomic E-state index is -4.38. The first-order valence-corrected chi connectivity index (χ1v) is 7.34. The molecule has 4 N–H and O–H groups in total. The van der Waals surface area contributed by atoms with Crippen molar-refractivity contribution < 1.29 is 23.0 Å². The molecule has 0 saturated heterocycles. The summed E-state index contributed by atoms with van der Waals surface area (Å²) < 4.78 is 42.4. The lowest BCUT2D eigenvalue weighted by Crippen LogP contribution is -2.34. The van der Waals surface area contributed by atoms with E-state index < -0.39 is 17.8 Å². The second kappa shape index (κ2) is 11.3. The Morgan fingerprint density at radius 3 is 2.50 bits per heavy atom. The van der Waals surface area contributed by atoms with E-state index in [4.69, 9.17) is 10.5 Å². The van der Waals surface area contributed by atoms with Crippen LogP contribution in [-0.4, -0.2) is 36.9 Å².